The molecule has 1 unspecified atom stereocenters. The fourth-order valence-electron chi connectivity index (χ4n) is 1.92. The van der Waals surface area contributed by atoms with Gasteiger partial charge in [-0.15, -0.1) is 11.3 Å². The normalized spacial score (nSPS) is 12.1. The third-order valence-corrected chi connectivity index (χ3v) is 3.80. The van der Waals surface area contributed by atoms with Crippen LogP contribution in [0.4, 0.5) is 11.6 Å². The van der Waals surface area contributed by atoms with Crippen molar-refractivity contribution < 1.29 is 4.74 Å². The summed E-state index contributed by atoms with van der Waals surface area (Å²) in [7, 11) is 1.57. The van der Waals surface area contributed by atoms with Crippen LogP contribution in [0.25, 0.3) is 0 Å². The molecule has 0 amide bonds. The van der Waals surface area contributed by atoms with E-state index in [0.717, 1.165) is 12.8 Å². The highest BCUT2D eigenvalue weighted by atomic mass is 32.1. The van der Waals surface area contributed by atoms with Crippen LogP contribution in [0.2, 0.25) is 0 Å². The summed E-state index contributed by atoms with van der Waals surface area (Å²) in [6.07, 6.45) is 3.55. The van der Waals surface area contributed by atoms with E-state index in [9.17, 15) is 0 Å². The van der Waals surface area contributed by atoms with Crippen molar-refractivity contribution in [2.75, 3.05) is 18.2 Å². The van der Waals surface area contributed by atoms with E-state index in [1.165, 1.54) is 11.2 Å². The fraction of sp³-hybridized carbons (Fsp3) is 0.385. The predicted molar refractivity (Wildman–Crippen MR) is 78.6 cm³/mol. The van der Waals surface area contributed by atoms with Gasteiger partial charge >= 0.3 is 0 Å². The highest BCUT2D eigenvalue weighted by molar-refractivity contribution is 7.10. The topological polar surface area (TPSA) is 73.1 Å². The van der Waals surface area contributed by atoms with E-state index in [0.29, 0.717) is 17.4 Å². The quantitative estimate of drug-likeness (QED) is 0.849. The van der Waals surface area contributed by atoms with Gasteiger partial charge in [-0.2, -0.15) is 0 Å². The van der Waals surface area contributed by atoms with Gasteiger partial charge in [0.05, 0.1) is 13.2 Å². The number of ether oxygens (including phenoxy) is 1. The van der Waals surface area contributed by atoms with E-state index in [-0.39, 0.29) is 6.04 Å². The molecule has 0 spiro atoms. The summed E-state index contributed by atoms with van der Waals surface area (Å²) < 4.78 is 5.26. The third-order valence-electron chi connectivity index (χ3n) is 2.81. The van der Waals surface area contributed by atoms with Gasteiger partial charge in [-0.1, -0.05) is 19.4 Å². The number of nitrogen functional groups attached to an aromatic ring is 1. The van der Waals surface area contributed by atoms with Gasteiger partial charge in [0.1, 0.15) is 6.33 Å². The molecule has 0 saturated heterocycles. The summed E-state index contributed by atoms with van der Waals surface area (Å²) in [4.78, 5) is 9.43. The first-order valence-electron chi connectivity index (χ1n) is 6.20. The summed E-state index contributed by atoms with van der Waals surface area (Å²) in [5.74, 6) is 1.49. The molecule has 3 N–H and O–H groups in total. The first kappa shape index (κ1) is 13.6. The lowest BCUT2D eigenvalue weighted by atomic mass is 10.1. The van der Waals surface area contributed by atoms with E-state index in [4.69, 9.17) is 10.5 Å². The van der Waals surface area contributed by atoms with E-state index in [1.54, 1.807) is 18.4 Å². The van der Waals surface area contributed by atoms with Crippen molar-refractivity contribution in [3.8, 4) is 5.75 Å². The number of hydrogen-bond donors (Lipinski definition) is 2. The Labute approximate surface area is 116 Å². The van der Waals surface area contributed by atoms with Crippen LogP contribution in [-0.4, -0.2) is 17.1 Å². The number of methoxy groups -OCH3 is 1. The van der Waals surface area contributed by atoms with Crippen molar-refractivity contribution in [3.05, 3.63) is 28.7 Å². The van der Waals surface area contributed by atoms with Crippen molar-refractivity contribution in [1.29, 1.82) is 0 Å². The van der Waals surface area contributed by atoms with Crippen LogP contribution in [0.3, 0.4) is 0 Å². The van der Waals surface area contributed by atoms with Gasteiger partial charge in [0.15, 0.2) is 11.6 Å². The fourth-order valence-corrected chi connectivity index (χ4v) is 2.73. The number of aromatic nitrogens is 2. The number of thiophene rings is 1. The van der Waals surface area contributed by atoms with Gasteiger partial charge in [-0.25, -0.2) is 9.97 Å². The Bertz CT molecular complexity index is 515. The SMILES string of the molecule is CCCC(Nc1ncnc(N)c1OC)c1cccs1. The second-order valence-corrected chi connectivity index (χ2v) is 5.12. The first-order chi connectivity index (χ1) is 9.26. The molecule has 0 radical (unpaired) electrons. The molecular weight excluding hydrogens is 260 g/mol. The largest absolute Gasteiger partial charge is 0.490 e. The van der Waals surface area contributed by atoms with Crippen LogP contribution in [-0.2, 0) is 0 Å². The molecular formula is C13H18N4OS. The summed E-state index contributed by atoms with van der Waals surface area (Å²) >= 11 is 1.73. The summed E-state index contributed by atoms with van der Waals surface area (Å²) in [5.41, 5.74) is 5.79. The van der Waals surface area contributed by atoms with E-state index >= 15 is 0 Å². The van der Waals surface area contributed by atoms with Crippen molar-refractivity contribution in [2.24, 2.45) is 0 Å². The minimum Gasteiger partial charge on any atom is -0.490 e. The maximum atomic E-state index is 5.79. The Kier molecular flexibility index (Phi) is 4.57. The average Bonchev–Trinajstić information content (AvgIpc) is 2.92. The second kappa shape index (κ2) is 6.38. The van der Waals surface area contributed by atoms with E-state index in [2.05, 4.69) is 39.7 Å². The number of hydrogen-bond acceptors (Lipinski definition) is 6. The van der Waals surface area contributed by atoms with E-state index in [1.807, 2.05) is 0 Å². The molecule has 0 aliphatic rings. The summed E-state index contributed by atoms with van der Waals surface area (Å²) in [6, 6.07) is 4.39. The van der Waals surface area contributed by atoms with Gasteiger partial charge in [0, 0.05) is 4.88 Å². The van der Waals surface area contributed by atoms with Gasteiger partial charge in [-0.3, -0.25) is 0 Å². The Balaban J connectivity index is 2.24. The lowest BCUT2D eigenvalue weighted by molar-refractivity contribution is 0.414. The predicted octanol–water partition coefficient (Wildman–Crippen LogP) is 3.08. The number of nitrogens with one attached hydrogen (secondary N) is 1. The third kappa shape index (κ3) is 3.14. The molecule has 5 nitrogen and oxygen atoms in total. The molecule has 2 aromatic rings. The van der Waals surface area contributed by atoms with Crippen molar-refractivity contribution >= 4 is 23.0 Å². The van der Waals surface area contributed by atoms with E-state index < -0.39 is 0 Å². The Hall–Kier alpha value is -1.82. The highest BCUT2D eigenvalue weighted by Crippen LogP contribution is 2.32. The van der Waals surface area contributed by atoms with Crippen LogP contribution in [0.1, 0.15) is 30.7 Å². The Morgan fingerprint density at radius 2 is 2.32 bits per heavy atom. The molecule has 0 aromatic carbocycles. The lowest BCUT2D eigenvalue weighted by Crippen LogP contribution is -2.12. The number of anilines is 2. The minimum atomic E-state index is 0.216. The standard InChI is InChI=1S/C13H18N4OS/c1-3-5-9(10-6-4-7-19-10)17-13-11(18-2)12(14)15-8-16-13/h4,6-9H,3,5H2,1-2H3,(H3,14,15,16,17). The van der Waals surface area contributed by atoms with Crippen LogP contribution in [0.15, 0.2) is 23.8 Å². The second-order valence-electron chi connectivity index (χ2n) is 4.14. The molecule has 2 rings (SSSR count). The molecule has 2 heterocycles. The average molecular weight is 278 g/mol. The van der Waals surface area contributed by atoms with Crippen molar-refractivity contribution in [1.82, 2.24) is 9.97 Å². The molecule has 2 aromatic heterocycles. The molecule has 6 heteroatoms. The number of rotatable bonds is 6. The van der Waals surface area contributed by atoms with Gasteiger partial charge in [-0.05, 0) is 17.9 Å². The maximum absolute atomic E-state index is 5.79. The van der Waals surface area contributed by atoms with Gasteiger partial charge in [0.25, 0.3) is 0 Å². The van der Waals surface area contributed by atoms with Crippen LogP contribution >= 0.6 is 11.3 Å². The number of nitrogens with two attached hydrogens (primary N) is 1. The summed E-state index contributed by atoms with van der Waals surface area (Å²) in [6.45, 7) is 2.16. The zero-order valence-electron chi connectivity index (χ0n) is 11.1. The van der Waals surface area contributed by atoms with Crippen LogP contribution in [0.5, 0.6) is 5.75 Å². The first-order valence-corrected chi connectivity index (χ1v) is 7.08. The molecule has 19 heavy (non-hydrogen) atoms. The smallest absolute Gasteiger partial charge is 0.203 e. The monoisotopic (exact) mass is 278 g/mol. The highest BCUT2D eigenvalue weighted by Gasteiger charge is 2.16. The maximum Gasteiger partial charge on any atom is 0.203 e. The molecule has 0 aliphatic carbocycles. The Morgan fingerprint density at radius 1 is 1.47 bits per heavy atom. The Morgan fingerprint density at radius 3 is 2.95 bits per heavy atom. The van der Waals surface area contributed by atoms with Crippen LogP contribution in [0, 0.1) is 0 Å². The zero-order valence-corrected chi connectivity index (χ0v) is 11.9. The molecule has 1 atom stereocenters. The summed E-state index contributed by atoms with van der Waals surface area (Å²) in [5, 5.41) is 5.47. The van der Waals surface area contributed by atoms with Crippen LogP contribution < -0.4 is 15.8 Å². The van der Waals surface area contributed by atoms with Gasteiger partial charge in [0.2, 0.25) is 5.75 Å². The zero-order chi connectivity index (χ0) is 13.7. The molecule has 0 saturated carbocycles. The molecule has 0 bridgehead atoms. The molecule has 102 valence electrons. The molecule has 0 aliphatic heterocycles. The van der Waals surface area contributed by atoms with Crippen molar-refractivity contribution in [2.45, 2.75) is 25.8 Å². The van der Waals surface area contributed by atoms with Gasteiger partial charge < -0.3 is 15.8 Å². The molecule has 0 fully saturated rings. The minimum absolute atomic E-state index is 0.216. The lowest BCUT2D eigenvalue weighted by Gasteiger charge is -2.19. The van der Waals surface area contributed by atoms with Crippen molar-refractivity contribution in [3.63, 3.8) is 0 Å². The number of nitrogens with zero attached hydrogens (tertiary/aromatic N) is 2.